The molecule has 1 heterocycles. The predicted molar refractivity (Wildman–Crippen MR) is 110 cm³/mol. The number of carbonyl (C=O) groups is 1. The van der Waals surface area contributed by atoms with E-state index in [0.717, 1.165) is 5.56 Å². The monoisotopic (exact) mass is 472 g/mol. The average molecular weight is 473 g/mol. The molecule has 10 heteroatoms. The van der Waals surface area contributed by atoms with Crippen LogP contribution in [-0.2, 0) is 20.6 Å². The Morgan fingerprint density at radius 2 is 1.88 bits per heavy atom. The summed E-state index contributed by atoms with van der Waals surface area (Å²) < 4.78 is 48.1. The molecular formula is C22H23ClF2O7. The van der Waals surface area contributed by atoms with Crippen LogP contribution in [0, 0.1) is 0 Å². The second-order valence-electron chi connectivity index (χ2n) is 7.17. The van der Waals surface area contributed by atoms with Crippen molar-refractivity contribution in [1.82, 2.24) is 0 Å². The quantitative estimate of drug-likeness (QED) is 0.616. The summed E-state index contributed by atoms with van der Waals surface area (Å²) in [6, 6.07) is 11.9. The first-order chi connectivity index (χ1) is 15.2. The molecule has 0 amide bonds. The van der Waals surface area contributed by atoms with Crippen molar-refractivity contribution in [3.8, 4) is 5.75 Å². The number of rotatable bonds is 6. The van der Waals surface area contributed by atoms with E-state index >= 15 is 0 Å². The lowest BCUT2D eigenvalue weighted by atomic mass is 9.91. The Balaban J connectivity index is 1.87. The molecule has 2 aromatic carbocycles. The molecule has 1 aliphatic rings. The fourth-order valence-electron chi connectivity index (χ4n) is 3.39. The van der Waals surface area contributed by atoms with E-state index in [1.807, 2.05) is 12.1 Å². The molecule has 7 nitrogen and oxygen atoms in total. The molecule has 0 saturated carbocycles. The summed E-state index contributed by atoms with van der Waals surface area (Å²) in [6.07, 6.45) is -9.36. The number of halogens is 3. The number of aliphatic hydroxyl groups excluding tert-OH is 2. The van der Waals surface area contributed by atoms with Crippen LogP contribution in [0.1, 0.15) is 29.7 Å². The maximum Gasteiger partial charge on any atom is 0.508 e. The number of hydrogen-bond donors (Lipinski definition) is 2. The molecule has 0 radical (unpaired) electrons. The van der Waals surface area contributed by atoms with E-state index < -0.39 is 36.7 Å². The van der Waals surface area contributed by atoms with Gasteiger partial charge in [0.15, 0.2) is 0 Å². The van der Waals surface area contributed by atoms with Gasteiger partial charge in [0, 0.05) is 5.02 Å². The number of alkyl halides is 2. The Kier molecular flexibility index (Phi) is 7.55. The molecule has 2 aromatic rings. The van der Waals surface area contributed by atoms with Crippen LogP contribution >= 0.6 is 11.6 Å². The second-order valence-corrected chi connectivity index (χ2v) is 7.58. The smallest absolute Gasteiger partial charge is 0.497 e. The van der Waals surface area contributed by atoms with Crippen molar-refractivity contribution in [1.29, 1.82) is 0 Å². The molecule has 32 heavy (non-hydrogen) atoms. The minimum Gasteiger partial charge on any atom is -0.497 e. The minimum absolute atomic E-state index is 0.110. The highest BCUT2D eigenvalue weighted by molar-refractivity contribution is 6.31. The van der Waals surface area contributed by atoms with Gasteiger partial charge in [0.05, 0.1) is 13.7 Å². The number of aliphatic hydroxyl groups is 2. The summed E-state index contributed by atoms with van der Waals surface area (Å²) in [5.41, 5.74) is 1.82. The van der Waals surface area contributed by atoms with Gasteiger partial charge in [-0.3, -0.25) is 0 Å². The molecule has 0 spiro atoms. The third-order valence-corrected chi connectivity index (χ3v) is 5.41. The number of hydrogen-bond acceptors (Lipinski definition) is 7. The first-order valence-corrected chi connectivity index (χ1v) is 10.2. The largest absolute Gasteiger partial charge is 0.508 e. The zero-order chi connectivity index (χ0) is 23.5. The lowest BCUT2D eigenvalue weighted by Crippen LogP contribution is -2.60. The van der Waals surface area contributed by atoms with Crippen LogP contribution < -0.4 is 4.74 Å². The summed E-state index contributed by atoms with van der Waals surface area (Å²) in [5, 5.41) is 20.8. The third kappa shape index (κ3) is 5.12. The fraction of sp³-hybridized carbons (Fsp3) is 0.409. The Bertz CT molecular complexity index is 938. The van der Waals surface area contributed by atoms with E-state index in [9.17, 15) is 23.8 Å². The Morgan fingerprint density at radius 3 is 2.50 bits per heavy atom. The SMILES string of the molecule is CCOC(=O)O[C@@H]1[C@@H](O)[C@H](c2ccc(Cl)c(Cc3ccc(OC)cc3)c2)O[C@H](O)C1(F)F. The number of methoxy groups -OCH3 is 1. The summed E-state index contributed by atoms with van der Waals surface area (Å²) in [7, 11) is 1.56. The van der Waals surface area contributed by atoms with Gasteiger partial charge in [0.25, 0.3) is 0 Å². The zero-order valence-corrected chi connectivity index (χ0v) is 18.1. The van der Waals surface area contributed by atoms with Gasteiger partial charge in [-0.05, 0) is 48.2 Å². The molecule has 0 aliphatic carbocycles. The summed E-state index contributed by atoms with van der Waals surface area (Å²) in [4.78, 5) is 11.6. The van der Waals surface area contributed by atoms with Crippen molar-refractivity contribution in [3.05, 3.63) is 64.2 Å². The van der Waals surface area contributed by atoms with E-state index in [2.05, 4.69) is 9.47 Å². The number of carbonyl (C=O) groups excluding carboxylic acids is 1. The molecule has 0 aromatic heterocycles. The molecule has 0 bridgehead atoms. The van der Waals surface area contributed by atoms with Gasteiger partial charge in [0.1, 0.15) is 18.0 Å². The van der Waals surface area contributed by atoms with Crippen molar-refractivity contribution >= 4 is 17.8 Å². The van der Waals surface area contributed by atoms with Crippen LogP contribution in [0.4, 0.5) is 13.6 Å². The number of benzene rings is 2. The van der Waals surface area contributed by atoms with Crippen LogP contribution in [0.2, 0.25) is 5.02 Å². The zero-order valence-electron chi connectivity index (χ0n) is 17.3. The van der Waals surface area contributed by atoms with Crippen molar-refractivity contribution in [2.24, 2.45) is 0 Å². The molecule has 1 aliphatic heterocycles. The van der Waals surface area contributed by atoms with Gasteiger partial charge >= 0.3 is 12.1 Å². The minimum atomic E-state index is -4.05. The highest BCUT2D eigenvalue weighted by Crippen LogP contribution is 2.42. The Hall–Kier alpha value is -2.46. The topological polar surface area (TPSA) is 94.5 Å². The Morgan fingerprint density at radius 1 is 1.19 bits per heavy atom. The molecule has 3 rings (SSSR count). The lowest BCUT2D eigenvalue weighted by Gasteiger charge is -2.41. The van der Waals surface area contributed by atoms with Crippen molar-refractivity contribution in [3.63, 3.8) is 0 Å². The molecule has 4 atom stereocenters. The maximum absolute atomic E-state index is 14.4. The van der Waals surface area contributed by atoms with Gasteiger partial charge < -0.3 is 29.2 Å². The lowest BCUT2D eigenvalue weighted by molar-refractivity contribution is -0.345. The van der Waals surface area contributed by atoms with Crippen LogP contribution in [0.15, 0.2) is 42.5 Å². The standard InChI is InChI=1S/C22H23ClF2O7/c1-3-30-21(28)32-19-17(26)18(31-20(27)22(19,24)25)13-6-9-16(23)14(11-13)10-12-4-7-15(29-2)8-5-12/h4-9,11,17-20,26-27H,3,10H2,1-2H3/t17-,18-,19+,20-/m0/s1. The van der Waals surface area contributed by atoms with E-state index in [4.69, 9.17) is 21.1 Å². The molecule has 174 valence electrons. The first kappa shape index (κ1) is 24.2. The second kappa shape index (κ2) is 9.99. The van der Waals surface area contributed by atoms with Gasteiger partial charge in [0.2, 0.25) is 12.4 Å². The normalized spacial score (nSPS) is 24.6. The van der Waals surface area contributed by atoms with E-state index in [-0.39, 0.29) is 12.2 Å². The van der Waals surface area contributed by atoms with Crippen molar-refractivity contribution in [2.75, 3.05) is 13.7 Å². The van der Waals surface area contributed by atoms with Crippen LogP contribution in [0.3, 0.4) is 0 Å². The summed E-state index contributed by atoms with van der Waals surface area (Å²) >= 11 is 6.30. The van der Waals surface area contributed by atoms with Crippen molar-refractivity contribution in [2.45, 2.75) is 43.9 Å². The Labute approximate surface area is 188 Å². The number of ether oxygens (including phenoxy) is 4. The van der Waals surface area contributed by atoms with Crippen molar-refractivity contribution < 1.29 is 42.7 Å². The van der Waals surface area contributed by atoms with Gasteiger partial charge in [-0.1, -0.05) is 35.9 Å². The van der Waals surface area contributed by atoms with E-state index in [0.29, 0.717) is 22.8 Å². The highest BCUT2D eigenvalue weighted by atomic mass is 35.5. The summed E-state index contributed by atoms with van der Waals surface area (Å²) in [6.45, 7) is 1.36. The highest BCUT2D eigenvalue weighted by Gasteiger charge is 2.60. The van der Waals surface area contributed by atoms with Gasteiger partial charge in [-0.25, -0.2) is 4.79 Å². The maximum atomic E-state index is 14.4. The van der Waals surface area contributed by atoms with E-state index in [1.54, 1.807) is 25.3 Å². The molecule has 1 saturated heterocycles. The average Bonchev–Trinajstić information content (AvgIpc) is 2.76. The molecular weight excluding hydrogens is 450 g/mol. The molecule has 0 unspecified atom stereocenters. The molecule has 2 N–H and O–H groups in total. The van der Waals surface area contributed by atoms with Crippen LogP contribution in [-0.4, -0.2) is 54.5 Å². The first-order valence-electron chi connectivity index (χ1n) is 9.81. The fourth-order valence-corrected chi connectivity index (χ4v) is 3.57. The summed E-state index contributed by atoms with van der Waals surface area (Å²) in [5.74, 6) is -3.36. The molecule has 1 fully saturated rings. The van der Waals surface area contributed by atoms with Crippen LogP contribution in [0.25, 0.3) is 0 Å². The van der Waals surface area contributed by atoms with Gasteiger partial charge in [-0.15, -0.1) is 0 Å². The predicted octanol–water partition coefficient (Wildman–Crippen LogP) is 3.87. The van der Waals surface area contributed by atoms with Gasteiger partial charge in [-0.2, -0.15) is 8.78 Å². The van der Waals surface area contributed by atoms with E-state index in [1.165, 1.54) is 19.1 Å². The third-order valence-electron chi connectivity index (χ3n) is 5.04. The van der Waals surface area contributed by atoms with Crippen LogP contribution in [0.5, 0.6) is 5.75 Å².